The van der Waals surface area contributed by atoms with Gasteiger partial charge in [0.05, 0.1) is 24.7 Å². The van der Waals surface area contributed by atoms with E-state index in [-0.39, 0.29) is 18.1 Å². The summed E-state index contributed by atoms with van der Waals surface area (Å²) >= 11 is 0. The lowest BCUT2D eigenvalue weighted by molar-refractivity contribution is -0.144. The third kappa shape index (κ3) is 3.17. The first-order valence-electron chi connectivity index (χ1n) is 5.92. The summed E-state index contributed by atoms with van der Waals surface area (Å²) in [5.74, 6) is -1.05. The normalized spacial score (nSPS) is 35.1. The molecule has 0 radical (unpaired) electrons. The number of carboxylic acid groups (broad SMARTS) is 1. The minimum atomic E-state index is -0.738. The van der Waals surface area contributed by atoms with Crippen LogP contribution >= 0.6 is 0 Å². The number of carbonyl (C=O) groups is 1. The Labute approximate surface area is 95.1 Å². The van der Waals surface area contributed by atoms with Crippen molar-refractivity contribution in [2.45, 2.75) is 31.5 Å². The summed E-state index contributed by atoms with van der Waals surface area (Å²) in [4.78, 5) is 10.8. The standard InChI is InChI=1S/C11H19NO4/c13-11(14)8-4-10(6-12-5-8)16-7-9-2-1-3-15-9/h8-10,12H,1-7H2,(H,13,14). The Bertz CT molecular complexity index is 240. The van der Waals surface area contributed by atoms with E-state index in [0.717, 1.165) is 26.0 Å². The van der Waals surface area contributed by atoms with Crippen molar-refractivity contribution in [3.05, 3.63) is 0 Å². The maximum absolute atomic E-state index is 10.8. The first-order chi connectivity index (χ1) is 7.75. The van der Waals surface area contributed by atoms with E-state index in [2.05, 4.69) is 5.32 Å². The molecule has 0 amide bonds. The Morgan fingerprint density at radius 3 is 3.06 bits per heavy atom. The van der Waals surface area contributed by atoms with Crippen LogP contribution in [-0.4, -0.2) is 49.6 Å². The number of aliphatic carboxylic acids is 1. The van der Waals surface area contributed by atoms with Gasteiger partial charge in [-0.15, -0.1) is 0 Å². The number of carboxylic acids is 1. The van der Waals surface area contributed by atoms with Crippen LogP contribution < -0.4 is 5.32 Å². The van der Waals surface area contributed by atoms with Gasteiger partial charge in [-0.05, 0) is 19.3 Å². The van der Waals surface area contributed by atoms with Gasteiger partial charge in [0.25, 0.3) is 0 Å². The lowest BCUT2D eigenvalue weighted by Crippen LogP contribution is -2.44. The molecule has 2 N–H and O–H groups in total. The predicted octanol–water partition coefficient (Wildman–Crippen LogP) is 0.245. The van der Waals surface area contributed by atoms with Gasteiger partial charge in [-0.25, -0.2) is 0 Å². The second kappa shape index (κ2) is 5.61. The van der Waals surface area contributed by atoms with E-state index in [4.69, 9.17) is 14.6 Å². The third-order valence-electron chi connectivity index (χ3n) is 3.20. The van der Waals surface area contributed by atoms with Crippen molar-refractivity contribution in [3.8, 4) is 0 Å². The fourth-order valence-electron chi connectivity index (χ4n) is 2.24. The van der Waals surface area contributed by atoms with Gasteiger partial charge >= 0.3 is 5.97 Å². The fraction of sp³-hybridized carbons (Fsp3) is 0.909. The fourth-order valence-corrected chi connectivity index (χ4v) is 2.24. The zero-order valence-electron chi connectivity index (χ0n) is 9.35. The van der Waals surface area contributed by atoms with Gasteiger partial charge in [-0.3, -0.25) is 4.79 Å². The van der Waals surface area contributed by atoms with E-state index in [0.29, 0.717) is 19.6 Å². The molecule has 2 fully saturated rings. The highest BCUT2D eigenvalue weighted by Gasteiger charge is 2.28. The minimum Gasteiger partial charge on any atom is -0.481 e. The molecular weight excluding hydrogens is 210 g/mol. The monoisotopic (exact) mass is 229 g/mol. The van der Waals surface area contributed by atoms with Gasteiger partial charge in [0, 0.05) is 19.7 Å². The molecule has 3 atom stereocenters. The molecule has 2 aliphatic rings. The van der Waals surface area contributed by atoms with E-state index in [1.807, 2.05) is 0 Å². The lowest BCUT2D eigenvalue weighted by Gasteiger charge is -2.28. The second-order valence-electron chi connectivity index (χ2n) is 4.52. The Morgan fingerprint density at radius 1 is 1.50 bits per heavy atom. The highest BCUT2D eigenvalue weighted by Crippen LogP contribution is 2.17. The lowest BCUT2D eigenvalue weighted by atomic mass is 9.98. The average molecular weight is 229 g/mol. The van der Waals surface area contributed by atoms with Gasteiger partial charge in [-0.1, -0.05) is 0 Å². The Morgan fingerprint density at radius 2 is 2.38 bits per heavy atom. The maximum Gasteiger partial charge on any atom is 0.307 e. The number of hydrogen-bond donors (Lipinski definition) is 2. The van der Waals surface area contributed by atoms with Gasteiger partial charge in [-0.2, -0.15) is 0 Å². The smallest absolute Gasteiger partial charge is 0.307 e. The van der Waals surface area contributed by atoms with Gasteiger partial charge in [0.2, 0.25) is 0 Å². The summed E-state index contributed by atoms with van der Waals surface area (Å²) in [6.07, 6.45) is 3.00. The van der Waals surface area contributed by atoms with E-state index in [1.165, 1.54) is 0 Å². The molecule has 5 nitrogen and oxygen atoms in total. The second-order valence-corrected chi connectivity index (χ2v) is 4.52. The highest BCUT2D eigenvalue weighted by atomic mass is 16.5. The van der Waals surface area contributed by atoms with Crippen molar-refractivity contribution in [2.24, 2.45) is 5.92 Å². The van der Waals surface area contributed by atoms with Crippen molar-refractivity contribution < 1.29 is 19.4 Å². The Kier molecular flexibility index (Phi) is 4.15. The molecule has 2 heterocycles. The molecule has 0 spiro atoms. The molecule has 3 unspecified atom stereocenters. The van der Waals surface area contributed by atoms with Crippen LogP contribution in [0, 0.1) is 5.92 Å². The molecule has 0 aromatic carbocycles. The molecule has 16 heavy (non-hydrogen) atoms. The summed E-state index contributed by atoms with van der Waals surface area (Å²) in [5, 5.41) is 12.0. The number of rotatable bonds is 4. The Hall–Kier alpha value is -0.650. The first kappa shape index (κ1) is 11.8. The summed E-state index contributed by atoms with van der Waals surface area (Å²) < 4.78 is 11.2. The van der Waals surface area contributed by atoms with Gasteiger partial charge in [0.1, 0.15) is 0 Å². The van der Waals surface area contributed by atoms with Crippen molar-refractivity contribution in [2.75, 3.05) is 26.3 Å². The van der Waals surface area contributed by atoms with Crippen molar-refractivity contribution in [3.63, 3.8) is 0 Å². The van der Waals surface area contributed by atoms with Gasteiger partial charge < -0.3 is 19.9 Å². The van der Waals surface area contributed by atoms with Crippen molar-refractivity contribution in [1.82, 2.24) is 5.32 Å². The van der Waals surface area contributed by atoms with Crippen LogP contribution in [0.1, 0.15) is 19.3 Å². The molecule has 0 aromatic rings. The topological polar surface area (TPSA) is 67.8 Å². The SMILES string of the molecule is O=C(O)C1CNCC(OCC2CCCO2)C1. The van der Waals surface area contributed by atoms with Crippen LogP contribution in [0.25, 0.3) is 0 Å². The number of piperidine rings is 1. The van der Waals surface area contributed by atoms with E-state index in [9.17, 15) is 4.79 Å². The summed E-state index contributed by atoms with van der Waals surface area (Å²) in [7, 11) is 0. The van der Waals surface area contributed by atoms with Crippen LogP contribution in [0.15, 0.2) is 0 Å². The zero-order chi connectivity index (χ0) is 11.4. The quantitative estimate of drug-likeness (QED) is 0.723. The van der Waals surface area contributed by atoms with Crippen LogP contribution in [0.3, 0.4) is 0 Å². The zero-order valence-corrected chi connectivity index (χ0v) is 9.35. The molecule has 2 saturated heterocycles. The Balaban J connectivity index is 1.70. The van der Waals surface area contributed by atoms with Crippen LogP contribution in [0.2, 0.25) is 0 Å². The van der Waals surface area contributed by atoms with Crippen molar-refractivity contribution in [1.29, 1.82) is 0 Å². The van der Waals surface area contributed by atoms with Crippen LogP contribution in [0.5, 0.6) is 0 Å². The van der Waals surface area contributed by atoms with Crippen LogP contribution in [-0.2, 0) is 14.3 Å². The number of ether oxygens (including phenoxy) is 2. The molecule has 92 valence electrons. The van der Waals surface area contributed by atoms with Crippen LogP contribution in [0.4, 0.5) is 0 Å². The predicted molar refractivity (Wildman–Crippen MR) is 57.3 cm³/mol. The first-order valence-corrected chi connectivity index (χ1v) is 5.92. The van der Waals surface area contributed by atoms with E-state index < -0.39 is 5.97 Å². The molecule has 5 heteroatoms. The maximum atomic E-state index is 10.8. The molecular formula is C11H19NO4. The van der Waals surface area contributed by atoms with E-state index >= 15 is 0 Å². The summed E-state index contributed by atoms with van der Waals surface area (Å²) in [6, 6.07) is 0. The largest absolute Gasteiger partial charge is 0.481 e. The third-order valence-corrected chi connectivity index (χ3v) is 3.20. The van der Waals surface area contributed by atoms with Gasteiger partial charge in [0.15, 0.2) is 0 Å². The molecule has 0 aromatic heterocycles. The summed E-state index contributed by atoms with van der Waals surface area (Å²) in [6.45, 7) is 2.72. The number of nitrogens with one attached hydrogen (secondary N) is 1. The molecule has 2 rings (SSSR count). The highest BCUT2D eigenvalue weighted by molar-refractivity contribution is 5.70. The molecule has 0 bridgehead atoms. The average Bonchev–Trinajstić information content (AvgIpc) is 2.79. The minimum absolute atomic E-state index is 0.0130. The molecule has 0 saturated carbocycles. The van der Waals surface area contributed by atoms with E-state index in [1.54, 1.807) is 0 Å². The molecule has 0 aliphatic carbocycles. The summed E-state index contributed by atoms with van der Waals surface area (Å²) in [5.41, 5.74) is 0. The molecule has 2 aliphatic heterocycles. The number of hydrogen-bond acceptors (Lipinski definition) is 4. The van der Waals surface area contributed by atoms with Crippen molar-refractivity contribution >= 4 is 5.97 Å².